The van der Waals surface area contributed by atoms with Gasteiger partial charge in [-0.1, -0.05) is 19.1 Å². The van der Waals surface area contributed by atoms with Gasteiger partial charge in [0.2, 0.25) is 0 Å². The molecule has 0 radical (unpaired) electrons. The van der Waals surface area contributed by atoms with Crippen LogP contribution in [-0.2, 0) is 0 Å². The van der Waals surface area contributed by atoms with Crippen molar-refractivity contribution in [1.29, 1.82) is 0 Å². The minimum atomic E-state index is -0.122. The normalized spacial score (nSPS) is 20.3. The molecule has 1 aliphatic heterocycles. The fourth-order valence-electron chi connectivity index (χ4n) is 1.77. The van der Waals surface area contributed by atoms with Crippen LogP contribution in [0.4, 0.5) is 10.1 Å². The van der Waals surface area contributed by atoms with E-state index in [9.17, 15) is 4.39 Å². The third-order valence-corrected chi connectivity index (χ3v) is 2.50. The summed E-state index contributed by atoms with van der Waals surface area (Å²) in [6, 6.07) is 5.29. The summed E-state index contributed by atoms with van der Waals surface area (Å²) in [5, 5.41) is 3.09. The van der Waals surface area contributed by atoms with Gasteiger partial charge in [-0.2, -0.15) is 0 Å². The Bertz CT molecular complexity index is 296. The Kier molecular flexibility index (Phi) is 1.75. The SMILES string of the molecule is CC[C@@H]1CNc2c(F)cccc21. The predicted molar refractivity (Wildman–Crippen MR) is 47.9 cm³/mol. The first-order valence-electron chi connectivity index (χ1n) is 4.35. The fraction of sp³-hybridized carbons (Fsp3) is 0.400. The van der Waals surface area contributed by atoms with Crippen LogP contribution in [0.15, 0.2) is 18.2 Å². The summed E-state index contributed by atoms with van der Waals surface area (Å²) in [5.74, 6) is 0.374. The Morgan fingerprint density at radius 2 is 2.42 bits per heavy atom. The molecule has 0 bridgehead atoms. The second kappa shape index (κ2) is 2.77. The summed E-state index contributed by atoms with van der Waals surface area (Å²) >= 11 is 0. The summed E-state index contributed by atoms with van der Waals surface area (Å²) in [6.07, 6.45) is 1.07. The van der Waals surface area contributed by atoms with Crippen LogP contribution in [-0.4, -0.2) is 6.54 Å². The van der Waals surface area contributed by atoms with Gasteiger partial charge in [0, 0.05) is 12.5 Å². The molecule has 0 fully saturated rings. The average Bonchev–Trinajstić information content (AvgIpc) is 2.49. The van der Waals surface area contributed by atoms with Gasteiger partial charge in [0.1, 0.15) is 5.82 Å². The van der Waals surface area contributed by atoms with Gasteiger partial charge in [-0.15, -0.1) is 0 Å². The molecule has 1 atom stereocenters. The lowest BCUT2D eigenvalue weighted by molar-refractivity contribution is 0.631. The summed E-state index contributed by atoms with van der Waals surface area (Å²) < 4.78 is 13.1. The van der Waals surface area contributed by atoms with E-state index in [0.29, 0.717) is 11.6 Å². The van der Waals surface area contributed by atoms with Crippen molar-refractivity contribution in [2.45, 2.75) is 19.3 Å². The van der Waals surface area contributed by atoms with E-state index in [1.54, 1.807) is 6.07 Å². The van der Waals surface area contributed by atoms with Gasteiger partial charge in [0.15, 0.2) is 0 Å². The molecule has 2 rings (SSSR count). The molecule has 0 saturated heterocycles. The second-order valence-corrected chi connectivity index (χ2v) is 3.19. The molecule has 64 valence electrons. The van der Waals surface area contributed by atoms with Gasteiger partial charge in [0.05, 0.1) is 5.69 Å². The van der Waals surface area contributed by atoms with Crippen molar-refractivity contribution in [3.05, 3.63) is 29.6 Å². The van der Waals surface area contributed by atoms with Gasteiger partial charge in [-0.3, -0.25) is 0 Å². The molecule has 1 aromatic rings. The molecule has 0 aromatic heterocycles. The Labute approximate surface area is 71.6 Å². The maximum atomic E-state index is 13.1. The highest BCUT2D eigenvalue weighted by atomic mass is 19.1. The predicted octanol–water partition coefficient (Wildman–Crippen LogP) is 2.74. The molecule has 1 aromatic carbocycles. The topological polar surface area (TPSA) is 12.0 Å². The summed E-state index contributed by atoms with van der Waals surface area (Å²) in [6.45, 7) is 3.01. The van der Waals surface area contributed by atoms with Gasteiger partial charge >= 0.3 is 0 Å². The van der Waals surface area contributed by atoms with Crippen molar-refractivity contribution in [3.8, 4) is 0 Å². The van der Waals surface area contributed by atoms with Crippen LogP contribution >= 0.6 is 0 Å². The van der Waals surface area contributed by atoms with Crippen molar-refractivity contribution in [2.24, 2.45) is 0 Å². The van der Waals surface area contributed by atoms with Gasteiger partial charge in [0.25, 0.3) is 0 Å². The average molecular weight is 165 g/mol. The number of para-hydroxylation sites is 1. The number of benzene rings is 1. The van der Waals surface area contributed by atoms with E-state index in [1.165, 1.54) is 6.07 Å². The number of hydrogen-bond acceptors (Lipinski definition) is 1. The van der Waals surface area contributed by atoms with Crippen LogP contribution in [0.5, 0.6) is 0 Å². The Morgan fingerprint density at radius 3 is 3.17 bits per heavy atom. The number of anilines is 1. The van der Waals surface area contributed by atoms with E-state index in [4.69, 9.17) is 0 Å². The molecular formula is C10H12FN. The molecule has 1 nitrogen and oxygen atoms in total. The molecule has 0 spiro atoms. The molecule has 1 N–H and O–H groups in total. The molecule has 1 heterocycles. The summed E-state index contributed by atoms with van der Waals surface area (Å²) in [4.78, 5) is 0. The number of rotatable bonds is 1. The highest BCUT2D eigenvalue weighted by Gasteiger charge is 2.22. The standard InChI is InChI=1S/C10H12FN/c1-2-7-6-12-10-8(7)4-3-5-9(10)11/h3-5,7,12H,2,6H2,1H3/t7-/m1/s1. The first-order chi connectivity index (χ1) is 5.83. The minimum absolute atomic E-state index is 0.122. The third-order valence-electron chi connectivity index (χ3n) is 2.50. The van der Waals surface area contributed by atoms with Crippen LogP contribution in [0.2, 0.25) is 0 Å². The van der Waals surface area contributed by atoms with Gasteiger partial charge in [-0.05, 0) is 18.1 Å². The van der Waals surface area contributed by atoms with E-state index >= 15 is 0 Å². The van der Waals surface area contributed by atoms with Crippen LogP contribution in [0, 0.1) is 5.82 Å². The molecule has 0 unspecified atom stereocenters. The van der Waals surface area contributed by atoms with Crippen LogP contribution < -0.4 is 5.32 Å². The fourth-order valence-corrected chi connectivity index (χ4v) is 1.77. The van der Waals surface area contributed by atoms with E-state index in [0.717, 1.165) is 18.5 Å². The molecule has 1 aliphatic rings. The Morgan fingerprint density at radius 1 is 1.58 bits per heavy atom. The lowest BCUT2D eigenvalue weighted by Crippen LogP contribution is -1.99. The molecule has 2 heteroatoms. The third kappa shape index (κ3) is 0.986. The number of halogens is 1. The highest BCUT2D eigenvalue weighted by Crippen LogP contribution is 2.34. The zero-order chi connectivity index (χ0) is 8.55. The summed E-state index contributed by atoms with van der Waals surface area (Å²) in [7, 11) is 0. The number of fused-ring (bicyclic) bond motifs is 1. The zero-order valence-electron chi connectivity index (χ0n) is 7.10. The Balaban J connectivity index is 2.46. The van der Waals surface area contributed by atoms with Crippen LogP contribution in [0.3, 0.4) is 0 Å². The van der Waals surface area contributed by atoms with Crippen molar-refractivity contribution in [1.82, 2.24) is 0 Å². The summed E-state index contributed by atoms with van der Waals surface area (Å²) in [5.41, 5.74) is 1.85. The largest absolute Gasteiger partial charge is 0.382 e. The monoisotopic (exact) mass is 165 g/mol. The smallest absolute Gasteiger partial charge is 0.146 e. The van der Waals surface area contributed by atoms with Crippen molar-refractivity contribution >= 4 is 5.69 Å². The number of hydrogen-bond donors (Lipinski definition) is 1. The quantitative estimate of drug-likeness (QED) is 0.674. The molecular weight excluding hydrogens is 153 g/mol. The maximum absolute atomic E-state index is 13.1. The highest BCUT2D eigenvalue weighted by molar-refractivity contribution is 5.58. The number of nitrogens with one attached hydrogen (secondary N) is 1. The molecule has 0 amide bonds. The molecule has 0 saturated carbocycles. The van der Waals surface area contributed by atoms with Gasteiger partial charge < -0.3 is 5.32 Å². The Hall–Kier alpha value is -1.05. The lowest BCUT2D eigenvalue weighted by atomic mass is 9.99. The van der Waals surface area contributed by atoms with Crippen molar-refractivity contribution in [3.63, 3.8) is 0 Å². The second-order valence-electron chi connectivity index (χ2n) is 3.19. The van der Waals surface area contributed by atoms with Gasteiger partial charge in [-0.25, -0.2) is 4.39 Å². The van der Waals surface area contributed by atoms with Crippen molar-refractivity contribution in [2.75, 3.05) is 11.9 Å². The molecule has 12 heavy (non-hydrogen) atoms. The maximum Gasteiger partial charge on any atom is 0.146 e. The van der Waals surface area contributed by atoms with Crippen LogP contribution in [0.1, 0.15) is 24.8 Å². The van der Waals surface area contributed by atoms with E-state index in [1.807, 2.05) is 6.07 Å². The van der Waals surface area contributed by atoms with E-state index < -0.39 is 0 Å². The lowest BCUT2D eigenvalue weighted by Gasteiger charge is -2.04. The molecule has 0 aliphatic carbocycles. The zero-order valence-corrected chi connectivity index (χ0v) is 7.10. The first-order valence-corrected chi connectivity index (χ1v) is 4.35. The van der Waals surface area contributed by atoms with E-state index in [-0.39, 0.29) is 5.82 Å². The minimum Gasteiger partial charge on any atom is -0.382 e. The first kappa shape index (κ1) is 7.59. The van der Waals surface area contributed by atoms with E-state index in [2.05, 4.69) is 12.2 Å². The van der Waals surface area contributed by atoms with Crippen LogP contribution in [0.25, 0.3) is 0 Å². The van der Waals surface area contributed by atoms with Crippen molar-refractivity contribution < 1.29 is 4.39 Å².